The number of hydrogen-bond acceptors (Lipinski definition) is 6. The number of rotatable bonds is 3. The molecule has 2 aromatic rings. The Kier molecular flexibility index (Phi) is 4.89. The molecule has 7 heteroatoms. The minimum Gasteiger partial charge on any atom is -0.417 e. The van der Waals surface area contributed by atoms with Crippen molar-refractivity contribution in [1.82, 2.24) is 15.2 Å². The van der Waals surface area contributed by atoms with Crippen LogP contribution in [0.5, 0.6) is 0 Å². The van der Waals surface area contributed by atoms with E-state index in [2.05, 4.69) is 15.2 Å². The second kappa shape index (κ2) is 6.19. The summed E-state index contributed by atoms with van der Waals surface area (Å²) in [7, 11) is 0. The highest BCUT2D eigenvalue weighted by molar-refractivity contribution is 7.15. The third kappa shape index (κ3) is 3.16. The monoisotopic (exact) mass is 257 g/mol. The molecule has 1 atom stereocenters. The van der Waals surface area contributed by atoms with Gasteiger partial charge in [-0.1, -0.05) is 6.92 Å². The normalized spacial score (nSPS) is 11.7. The van der Waals surface area contributed by atoms with E-state index < -0.39 is 6.17 Å². The van der Waals surface area contributed by atoms with Crippen LogP contribution in [-0.4, -0.2) is 22.0 Å². The van der Waals surface area contributed by atoms with Crippen molar-refractivity contribution in [1.29, 1.82) is 0 Å². The topological polar surface area (TPSA) is 68.9 Å². The summed E-state index contributed by atoms with van der Waals surface area (Å²) in [4.78, 5) is 12.9. The number of hydrogen-bond donors (Lipinski definition) is 0. The molecule has 0 N–H and O–H groups in total. The van der Waals surface area contributed by atoms with Crippen LogP contribution in [0.4, 0.5) is 4.39 Å². The van der Waals surface area contributed by atoms with Gasteiger partial charge in [-0.15, -0.1) is 21.5 Å². The van der Waals surface area contributed by atoms with Crippen LogP contribution in [0.2, 0.25) is 0 Å². The van der Waals surface area contributed by atoms with Crippen LogP contribution in [0.15, 0.2) is 10.6 Å². The number of carbonyl (C=O) groups excluding carboxylic acids is 1. The lowest BCUT2D eigenvalue weighted by atomic mass is 10.4. The highest BCUT2D eigenvalue weighted by Gasteiger charge is 2.15. The van der Waals surface area contributed by atoms with E-state index in [0.29, 0.717) is 5.89 Å². The first-order valence-corrected chi connectivity index (χ1v) is 5.73. The van der Waals surface area contributed by atoms with Gasteiger partial charge in [-0.05, 0) is 13.3 Å². The summed E-state index contributed by atoms with van der Waals surface area (Å²) in [5.74, 6) is 0.350. The summed E-state index contributed by atoms with van der Waals surface area (Å²) < 4.78 is 18.0. The highest BCUT2D eigenvalue weighted by atomic mass is 32.1. The van der Waals surface area contributed by atoms with Crippen molar-refractivity contribution in [3.8, 4) is 10.8 Å². The third-order valence-electron chi connectivity index (χ3n) is 1.85. The second-order valence-corrected chi connectivity index (χ2v) is 4.15. The Morgan fingerprint density at radius 1 is 1.53 bits per heavy atom. The van der Waals surface area contributed by atoms with Gasteiger partial charge in [-0.2, -0.15) is 0 Å². The number of thiazole rings is 1. The minimum atomic E-state index is -1.23. The maximum absolute atomic E-state index is 12.8. The van der Waals surface area contributed by atoms with Crippen LogP contribution in [-0.2, 0) is 11.2 Å². The molecule has 0 aliphatic rings. The SMILES string of the molecule is C=O.CCc1ncc(-c2nnc(C(C)F)o2)s1. The van der Waals surface area contributed by atoms with Crippen molar-refractivity contribution in [3.63, 3.8) is 0 Å². The molecule has 17 heavy (non-hydrogen) atoms. The fourth-order valence-electron chi connectivity index (χ4n) is 1.07. The van der Waals surface area contributed by atoms with Crippen LogP contribution in [0.1, 0.15) is 30.9 Å². The van der Waals surface area contributed by atoms with Gasteiger partial charge in [-0.3, -0.25) is 0 Å². The standard InChI is InChI=1S/C9H10FN3OS.CH2O/c1-3-7-11-4-6(15-7)9-13-12-8(14-9)5(2)10;1-2/h4-5H,3H2,1-2H3;1H2. The Labute approximate surface area is 102 Å². The zero-order valence-corrected chi connectivity index (χ0v) is 10.3. The first-order valence-electron chi connectivity index (χ1n) is 4.92. The van der Waals surface area contributed by atoms with Gasteiger partial charge in [0.2, 0.25) is 0 Å². The summed E-state index contributed by atoms with van der Waals surface area (Å²) >= 11 is 1.48. The van der Waals surface area contributed by atoms with Gasteiger partial charge in [0.15, 0.2) is 6.17 Å². The second-order valence-electron chi connectivity index (χ2n) is 3.03. The Bertz CT molecular complexity index is 470. The smallest absolute Gasteiger partial charge is 0.259 e. The van der Waals surface area contributed by atoms with Gasteiger partial charge < -0.3 is 9.21 Å². The summed E-state index contributed by atoms with van der Waals surface area (Å²) in [5, 5.41) is 8.38. The third-order valence-corrected chi connectivity index (χ3v) is 2.98. The van der Waals surface area contributed by atoms with E-state index in [9.17, 15) is 4.39 Å². The van der Waals surface area contributed by atoms with Crippen LogP contribution in [0, 0.1) is 0 Å². The van der Waals surface area contributed by atoms with Gasteiger partial charge in [0.05, 0.1) is 11.2 Å². The van der Waals surface area contributed by atoms with Crippen molar-refractivity contribution in [2.45, 2.75) is 26.4 Å². The van der Waals surface area contributed by atoms with Crippen LogP contribution >= 0.6 is 11.3 Å². The van der Waals surface area contributed by atoms with Gasteiger partial charge in [0, 0.05) is 0 Å². The molecule has 2 aromatic heterocycles. The Balaban J connectivity index is 0.000000686. The number of carbonyl (C=O) groups is 1. The zero-order chi connectivity index (χ0) is 12.8. The lowest BCUT2D eigenvalue weighted by Gasteiger charge is -1.90. The molecule has 2 rings (SSSR count). The lowest BCUT2D eigenvalue weighted by Crippen LogP contribution is -1.83. The van der Waals surface area contributed by atoms with Gasteiger partial charge in [0.25, 0.3) is 11.8 Å². The molecular weight excluding hydrogens is 245 g/mol. The van der Waals surface area contributed by atoms with Crippen molar-refractivity contribution < 1.29 is 13.6 Å². The zero-order valence-electron chi connectivity index (χ0n) is 9.51. The summed E-state index contributed by atoms with van der Waals surface area (Å²) in [5.41, 5.74) is 0. The van der Waals surface area contributed by atoms with Crippen molar-refractivity contribution >= 4 is 18.1 Å². The number of aryl methyl sites for hydroxylation is 1. The van der Waals surface area contributed by atoms with Gasteiger partial charge in [-0.25, -0.2) is 9.37 Å². The van der Waals surface area contributed by atoms with Crippen LogP contribution < -0.4 is 0 Å². The van der Waals surface area contributed by atoms with Crippen molar-refractivity contribution in [2.75, 3.05) is 0 Å². The number of nitrogens with zero attached hydrogens (tertiary/aromatic N) is 3. The van der Waals surface area contributed by atoms with Crippen LogP contribution in [0.3, 0.4) is 0 Å². The fraction of sp³-hybridized carbons (Fsp3) is 0.400. The van der Waals surface area contributed by atoms with Crippen molar-refractivity contribution in [2.24, 2.45) is 0 Å². The van der Waals surface area contributed by atoms with E-state index in [1.807, 2.05) is 13.7 Å². The fourth-order valence-corrected chi connectivity index (χ4v) is 1.85. The molecule has 2 heterocycles. The molecule has 0 spiro atoms. The predicted octanol–water partition coefficient (Wildman–Crippen LogP) is 2.60. The lowest BCUT2D eigenvalue weighted by molar-refractivity contribution is -0.0979. The Morgan fingerprint density at radius 2 is 2.24 bits per heavy atom. The molecule has 0 aromatic carbocycles. The van der Waals surface area contributed by atoms with Crippen LogP contribution in [0.25, 0.3) is 10.8 Å². The molecule has 0 bridgehead atoms. The Morgan fingerprint density at radius 3 is 2.71 bits per heavy atom. The summed E-state index contributed by atoms with van der Waals surface area (Å²) in [6, 6.07) is 0. The minimum absolute atomic E-state index is 0.0106. The number of aromatic nitrogens is 3. The molecule has 92 valence electrons. The maximum atomic E-state index is 12.8. The molecule has 0 saturated heterocycles. The van der Waals surface area contributed by atoms with E-state index in [0.717, 1.165) is 16.3 Å². The maximum Gasteiger partial charge on any atom is 0.259 e. The molecule has 0 amide bonds. The number of alkyl halides is 1. The average Bonchev–Trinajstić information content (AvgIpc) is 3.00. The first kappa shape index (κ1) is 13.4. The molecule has 0 saturated carbocycles. The van der Waals surface area contributed by atoms with Crippen molar-refractivity contribution in [3.05, 3.63) is 17.1 Å². The highest BCUT2D eigenvalue weighted by Crippen LogP contribution is 2.26. The summed E-state index contributed by atoms with van der Waals surface area (Å²) in [6.07, 6.45) is 1.30. The largest absolute Gasteiger partial charge is 0.417 e. The molecule has 5 nitrogen and oxygen atoms in total. The Hall–Kier alpha value is -1.63. The van der Waals surface area contributed by atoms with E-state index in [4.69, 9.17) is 9.21 Å². The molecular formula is C10H12FN3O2S. The van der Waals surface area contributed by atoms with E-state index in [1.54, 1.807) is 6.20 Å². The van der Waals surface area contributed by atoms with Gasteiger partial charge in [0.1, 0.15) is 11.7 Å². The quantitative estimate of drug-likeness (QED) is 0.845. The number of halogens is 1. The molecule has 0 aliphatic carbocycles. The van der Waals surface area contributed by atoms with E-state index in [-0.39, 0.29) is 5.89 Å². The molecule has 0 radical (unpaired) electrons. The van der Waals surface area contributed by atoms with E-state index >= 15 is 0 Å². The first-order chi connectivity index (χ1) is 8.20. The molecule has 0 aliphatic heterocycles. The van der Waals surface area contributed by atoms with Gasteiger partial charge >= 0.3 is 0 Å². The average molecular weight is 257 g/mol. The predicted molar refractivity (Wildman–Crippen MR) is 61.4 cm³/mol. The molecule has 1 unspecified atom stereocenters. The summed E-state index contributed by atoms with van der Waals surface area (Å²) in [6.45, 7) is 5.38. The molecule has 0 fully saturated rings. The van der Waals surface area contributed by atoms with E-state index in [1.165, 1.54) is 18.3 Å².